The zero-order valence-corrected chi connectivity index (χ0v) is 15.0. The first-order valence-electron chi connectivity index (χ1n) is 9.17. The standard InChI is InChI=1S/C22H21NO4/c1-13(24)18-17-11-16(20(22(26)27)19(17)21(18)25)15-7-5-14(6-8-15)12-23-9-3-2-4-10-23/h2-10,13,17-19,24H,11-12H2,1H3/t13-,17+,18+,19?/m0/s1. The van der Waals surface area contributed by atoms with Crippen LogP contribution >= 0.6 is 0 Å². The lowest BCUT2D eigenvalue weighted by atomic mass is 9.61. The van der Waals surface area contributed by atoms with Crippen molar-refractivity contribution in [1.29, 1.82) is 0 Å². The van der Waals surface area contributed by atoms with E-state index in [1.165, 1.54) is 0 Å². The first kappa shape index (κ1) is 17.6. The van der Waals surface area contributed by atoms with Gasteiger partial charge in [0, 0.05) is 29.5 Å². The predicted molar refractivity (Wildman–Crippen MR) is 95.9 cm³/mol. The van der Waals surface area contributed by atoms with Crippen molar-refractivity contribution >= 4 is 17.3 Å². The number of hydrogen-bond donors (Lipinski definition) is 1. The molecule has 0 saturated heterocycles. The fourth-order valence-corrected chi connectivity index (χ4v) is 4.53. The quantitative estimate of drug-likeness (QED) is 0.795. The lowest BCUT2D eigenvalue weighted by Gasteiger charge is -2.41. The van der Waals surface area contributed by atoms with Crippen LogP contribution in [0.4, 0.5) is 0 Å². The zero-order valence-electron chi connectivity index (χ0n) is 15.0. The number of aliphatic carboxylic acids is 1. The van der Waals surface area contributed by atoms with Crippen molar-refractivity contribution in [2.45, 2.75) is 26.0 Å². The molecule has 1 heterocycles. The second-order valence-corrected chi connectivity index (χ2v) is 7.44. The van der Waals surface area contributed by atoms with E-state index in [4.69, 9.17) is 0 Å². The summed E-state index contributed by atoms with van der Waals surface area (Å²) in [5.41, 5.74) is 2.68. The third kappa shape index (κ3) is 2.98. The molecule has 0 spiro atoms. The second kappa shape index (κ2) is 6.74. The van der Waals surface area contributed by atoms with Crippen molar-refractivity contribution in [1.82, 2.24) is 0 Å². The first-order valence-corrected chi connectivity index (χ1v) is 9.17. The number of Topliss-reactive ketones (excluding diaryl/α,β-unsaturated/α-hetero) is 1. The number of aromatic nitrogens is 1. The van der Waals surface area contributed by atoms with Gasteiger partial charge in [-0.2, -0.15) is 0 Å². The molecule has 1 fully saturated rings. The average molecular weight is 363 g/mol. The summed E-state index contributed by atoms with van der Waals surface area (Å²) < 4.78 is 2.06. The Balaban J connectivity index is 1.61. The molecule has 1 aromatic carbocycles. The van der Waals surface area contributed by atoms with Crippen molar-refractivity contribution in [2.75, 3.05) is 0 Å². The number of pyridine rings is 1. The second-order valence-electron chi connectivity index (χ2n) is 7.44. The van der Waals surface area contributed by atoms with Crippen LogP contribution in [-0.2, 0) is 16.1 Å². The molecule has 0 aliphatic heterocycles. The molecule has 1 aromatic heterocycles. The molecule has 138 valence electrons. The summed E-state index contributed by atoms with van der Waals surface area (Å²) in [7, 11) is 0. The maximum absolute atomic E-state index is 12.3. The summed E-state index contributed by atoms with van der Waals surface area (Å²) in [6.07, 6.45) is 3.70. The summed E-state index contributed by atoms with van der Waals surface area (Å²) in [6.45, 7) is 2.31. The fourth-order valence-electron chi connectivity index (χ4n) is 4.53. The van der Waals surface area contributed by atoms with E-state index in [1.54, 1.807) is 6.92 Å². The molecule has 1 N–H and O–H groups in total. The smallest absolute Gasteiger partial charge is 0.173 e. The summed E-state index contributed by atoms with van der Waals surface area (Å²) in [6, 6.07) is 13.7. The van der Waals surface area contributed by atoms with Crippen molar-refractivity contribution in [3.8, 4) is 0 Å². The third-order valence-electron chi connectivity index (χ3n) is 5.78. The number of ketones is 1. The van der Waals surface area contributed by atoms with Crippen LogP contribution in [0, 0.1) is 17.8 Å². The van der Waals surface area contributed by atoms with Gasteiger partial charge in [-0.25, -0.2) is 4.57 Å². The van der Waals surface area contributed by atoms with E-state index >= 15 is 0 Å². The van der Waals surface area contributed by atoms with Crippen molar-refractivity contribution in [3.63, 3.8) is 0 Å². The summed E-state index contributed by atoms with van der Waals surface area (Å²) in [5.74, 6) is -2.71. The van der Waals surface area contributed by atoms with E-state index in [0.717, 1.165) is 17.7 Å². The van der Waals surface area contributed by atoms with Crippen LogP contribution in [0.25, 0.3) is 5.57 Å². The van der Waals surface area contributed by atoms with Crippen LogP contribution in [0.5, 0.6) is 0 Å². The van der Waals surface area contributed by atoms with Crippen LogP contribution in [0.1, 0.15) is 24.5 Å². The van der Waals surface area contributed by atoms with Gasteiger partial charge < -0.3 is 15.0 Å². The van der Waals surface area contributed by atoms with Gasteiger partial charge >= 0.3 is 0 Å². The number of carbonyl (C=O) groups is 2. The van der Waals surface area contributed by atoms with E-state index in [9.17, 15) is 19.8 Å². The van der Waals surface area contributed by atoms with Gasteiger partial charge in [0.05, 0.1) is 12.1 Å². The topological polar surface area (TPSA) is 81.3 Å². The maximum atomic E-state index is 12.3. The van der Waals surface area contributed by atoms with Crippen LogP contribution in [0.15, 0.2) is 60.4 Å². The Morgan fingerprint density at radius 1 is 1.22 bits per heavy atom. The molecular weight excluding hydrogens is 342 g/mol. The minimum Gasteiger partial charge on any atom is -0.545 e. The number of hydrogen-bond acceptors (Lipinski definition) is 4. The van der Waals surface area contributed by atoms with Gasteiger partial charge in [0.15, 0.2) is 18.9 Å². The van der Waals surface area contributed by atoms with Gasteiger partial charge in [-0.15, -0.1) is 0 Å². The van der Waals surface area contributed by atoms with Gasteiger partial charge in [-0.3, -0.25) is 4.79 Å². The monoisotopic (exact) mass is 363 g/mol. The van der Waals surface area contributed by atoms with E-state index in [0.29, 0.717) is 12.0 Å². The Morgan fingerprint density at radius 2 is 1.89 bits per heavy atom. The minimum atomic E-state index is -1.28. The maximum Gasteiger partial charge on any atom is 0.173 e. The van der Waals surface area contributed by atoms with E-state index < -0.39 is 23.9 Å². The summed E-state index contributed by atoms with van der Waals surface area (Å²) in [4.78, 5) is 24.1. The molecule has 5 heteroatoms. The summed E-state index contributed by atoms with van der Waals surface area (Å²) >= 11 is 0. The Hall–Kier alpha value is -2.79. The highest BCUT2D eigenvalue weighted by atomic mass is 16.4. The number of carboxylic acids is 1. The number of benzene rings is 1. The number of fused-ring (bicyclic) bond motifs is 1. The molecule has 0 bridgehead atoms. The van der Waals surface area contributed by atoms with E-state index in [2.05, 4.69) is 4.57 Å². The van der Waals surface area contributed by atoms with Gasteiger partial charge in [0.2, 0.25) is 0 Å². The SMILES string of the molecule is C[C@H](O)[C@H]1C(=O)C2C(C(=O)[O-])=C(c3ccc(C[n+]4ccccc4)cc3)C[C@@H]21. The van der Waals surface area contributed by atoms with Crippen LogP contribution in [0.2, 0.25) is 0 Å². The van der Waals surface area contributed by atoms with Gasteiger partial charge in [0.25, 0.3) is 0 Å². The number of rotatable bonds is 5. The number of nitrogens with zero attached hydrogens (tertiary/aromatic N) is 1. The molecular formula is C22H21NO4. The molecule has 1 unspecified atom stereocenters. The van der Waals surface area contributed by atoms with Crippen LogP contribution < -0.4 is 9.67 Å². The number of carbonyl (C=O) groups excluding carboxylic acids is 2. The van der Waals surface area contributed by atoms with Gasteiger partial charge in [-0.05, 0) is 36.0 Å². The molecule has 2 aliphatic carbocycles. The Labute approximate surface area is 157 Å². The lowest BCUT2D eigenvalue weighted by molar-refractivity contribution is -0.688. The molecule has 5 nitrogen and oxygen atoms in total. The van der Waals surface area contributed by atoms with Crippen LogP contribution in [-0.4, -0.2) is 23.0 Å². The fraction of sp³-hybridized carbons (Fsp3) is 0.318. The number of aliphatic hydroxyl groups is 1. The third-order valence-corrected chi connectivity index (χ3v) is 5.78. The number of allylic oxidation sites excluding steroid dienone is 1. The van der Waals surface area contributed by atoms with Gasteiger partial charge in [-0.1, -0.05) is 30.3 Å². The predicted octanol–water partition coefficient (Wildman–Crippen LogP) is 0.742. The molecule has 1 saturated carbocycles. The zero-order chi connectivity index (χ0) is 19.1. The van der Waals surface area contributed by atoms with Crippen molar-refractivity contribution < 1.29 is 24.4 Å². The Bertz CT molecular complexity index is 915. The molecule has 0 amide bonds. The highest BCUT2D eigenvalue weighted by Gasteiger charge is 2.57. The molecule has 4 rings (SSSR count). The first-order chi connectivity index (χ1) is 13.0. The van der Waals surface area contributed by atoms with E-state index in [-0.39, 0.29) is 17.3 Å². The Morgan fingerprint density at radius 3 is 2.48 bits per heavy atom. The van der Waals surface area contributed by atoms with Crippen molar-refractivity contribution in [3.05, 3.63) is 71.6 Å². The van der Waals surface area contributed by atoms with Crippen molar-refractivity contribution in [2.24, 2.45) is 17.8 Å². The normalized spacial score (nSPS) is 25.1. The van der Waals surface area contributed by atoms with Gasteiger partial charge in [0.1, 0.15) is 5.78 Å². The molecule has 4 atom stereocenters. The lowest BCUT2D eigenvalue weighted by Crippen LogP contribution is -2.52. The van der Waals surface area contributed by atoms with Crippen LogP contribution in [0.3, 0.4) is 0 Å². The minimum absolute atomic E-state index is 0.104. The highest BCUT2D eigenvalue weighted by molar-refractivity contribution is 6.08. The highest BCUT2D eigenvalue weighted by Crippen LogP contribution is 2.54. The Kier molecular flexibility index (Phi) is 4.40. The molecule has 27 heavy (non-hydrogen) atoms. The molecule has 0 radical (unpaired) electrons. The number of aliphatic hydroxyl groups excluding tert-OH is 1. The van der Waals surface area contributed by atoms with E-state index in [1.807, 2.05) is 54.9 Å². The number of carboxylic acid groups (broad SMARTS) is 1. The summed E-state index contributed by atoms with van der Waals surface area (Å²) in [5, 5.41) is 21.6. The largest absolute Gasteiger partial charge is 0.545 e. The molecule has 2 aliphatic rings. The molecule has 2 aromatic rings. The average Bonchev–Trinajstić information content (AvgIpc) is 2.98.